The molecule has 1 saturated heterocycles. The summed E-state index contributed by atoms with van der Waals surface area (Å²) in [6.45, 7) is 5.74. The molecule has 1 aliphatic rings. The maximum Gasteiger partial charge on any atom is 0.254 e. The highest BCUT2D eigenvalue weighted by Gasteiger charge is 2.22. The van der Waals surface area contributed by atoms with Gasteiger partial charge in [-0.1, -0.05) is 41.1 Å². The first-order chi connectivity index (χ1) is 16.3. The van der Waals surface area contributed by atoms with Crippen molar-refractivity contribution in [2.24, 2.45) is 0 Å². The number of nitrogens with one attached hydrogen (secondary N) is 1. The number of aromatic nitrogens is 2. The third-order valence-electron chi connectivity index (χ3n) is 5.72. The van der Waals surface area contributed by atoms with Crippen molar-refractivity contribution >= 4 is 21.6 Å². The molecule has 2 heterocycles. The topological polar surface area (TPSA) is 109 Å². The van der Waals surface area contributed by atoms with Crippen molar-refractivity contribution in [2.45, 2.75) is 19.8 Å². The molecular formula is C24H29N5O4S. The number of benzene rings is 2. The molecule has 1 fully saturated rings. The Labute approximate surface area is 199 Å². The lowest BCUT2D eigenvalue weighted by Gasteiger charge is -2.34. The summed E-state index contributed by atoms with van der Waals surface area (Å²) < 4.78 is 30.7. The Bertz CT molecular complexity index is 1230. The molecular weight excluding hydrogens is 454 g/mol. The minimum absolute atomic E-state index is 0.0914. The average Bonchev–Trinajstić information content (AvgIpc) is 3.27. The number of amides is 1. The SMILES string of the molecule is Cc1ccc(-c2noc(CCCN3CCN(C(=O)c4cccc(NS(C)(=O)=O)c4)CC3)n2)cc1. The Morgan fingerprint density at radius 3 is 2.53 bits per heavy atom. The molecule has 0 radical (unpaired) electrons. The Morgan fingerprint density at radius 2 is 1.82 bits per heavy atom. The molecule has 2 aromatic carbocycles. The molecule has 0 unspecified atom stereocenters. The van der Waals surface area contributed by atoms with Crippen LogP contribution in [0.15, 0.2) is 53.1 Å². The molecule has 10 heteroatoms. The third-order valence-corrected chi connectivity index (χ3v) is 6.32. The number of carbonyl (C=O) groups is 1. The summed E-state index contributed by atoms with van der Waals surface area (Å²) >= 11 is 0. The number of rotatable bonds is 8. The van der Waals surface area contributed by atoms with Crippen LogP contribution in [0.2, 0.25) is 0 Å². The van der Waals surface area contributed by atoms with Crippen molar-refractivity contribution in [3.8, 4) is 11.4 Å². The van der Waals surface area contributed by atoms with E-state index in [1.165, 1.54) is 5.56 Å². The second-order valence-electron chi connectivity index (χ2n) is 8.57. The van der Waals surface area contributed by atoms with Crippen LogP contribution >= 0.6 is 0 Å². The van der Waals surface area contributed by atoms with Crippen molar-refractivity contribution in [3.05, 3.63) is 65.5 Å². The van der Waals surface area contributed by atoms with Crippen LogP contribution in [0.3, 0.4) is 0 Å². The predicted molar refractivity (Wildman–Crippen MR) is 130 cm³/mol. The largest absolute Gasteiger partial charge is 0.339 e. The van der Waals surface area contributed by atoms with E-state index in [1.807, 2.05) is 36.1 Å². The normalized spacial score (nSPS) is 14.8. The maximum absolute atomic E-state index is 12.9. The van der Waals surface area contributed by atoms with Gasteiger partial charge in [0.25, 0.3) is 5.91 Å². The second-order valence-corrected chi connectivity index (χ2v) is 10.3. The van der Waals surface area contributed by atoms with Gasteiger partial charge in [-0.25, -0.2) is 8.42 Å². The number of nitrogens with zero attached hydrogens (tertiary/aromatic N) is 4. The number of hydrogen-bond acceptors (Lipinski definition) is 7. The predicted octanol–water partition coefficient (Wildman–Crippen LogP) is 2.81. The van der Waals surface area contributed by atoms with Crippen LogP contribution in [-0.2, 0) is 16.4 Å². The van der Waals surface area contributed by atoms with E-state index in [-0.39, 0.29) is 5.91 Å². The number of aryl methyl sites for hydroxylation is 2. The summed E-state index contributed by atoms with van der Waals surface area (Å²) in [5, 5.41) is 4.08. The molecule has 34 heavy (non-hydrogen) atoms. The summed E-state index contributed by atoms with van der Waals surface area (Å²) in [6.07, 6.45) is 2.68. The lowest BCUT2D eigenvalue weighted by molar-refractivity contribution is 0.0635. The van der Waals surface area contributed by atoms with Gasteiger partial charge in [-0.15, -0.1) is 0 Å². The van der Waals surface area contributed by atoms with Gasteiger partial charge < -0.3 is 9.42 Å². The molecule has 4 rings (SSSR count). The Morgan fingerprint density at radius 1 is 1.09 bits per heavy atom. The van der Waals surface area contributed by atoms with Crippen LogP contribution in [0.5, 0.6) is 0 Å². The monoisotopic (exact) mass is 483 g/mol. The number of sulfonamides is 1. The van der Waals surface area contributed by atoms with Gasteiger partial charge in [0.1, 0.15) is 0 Å². The van der Waals surface area contributed by atoms with E-state index in [4.69, 9.17) is 4.52 Å². The van der Waals surface area contributed by atoms with Crippen LogP contribution in [0.25, 0.3) is 11.4 Å². The molecule has 1 aromatic heterocycles. The molecule has 0 spiro atoms. The Balaban J connectivity index is 1.23. The number of carbonyl (C=O) groups excluding carboxylic acids is 1. The molecule has 0 saturated carbocycles. The van der Waals surface area contributed by atoms with Gasteiger partial charge in [0.15, 0.2) is 0 Å². The Kier molecular flexibility index (Phi) is 7.28. The fourth-order valence-electron chi connectivity index (χ4n) is 3.92. The van der Waals surface area contributed by atoms with Crippen LogP contribution in [-0.4, -0.2) is 73.2 Å². The molecule has 180 valence electrons. The molecule has 0 bridgehead atoms. The van der Waals surface area contributed by atoms with E-state index in [2.05, 4.69) is 19.8 Å². The van der Waals surface area contributed by atoms with Crippen molar-refractivity contribution in [2.75, 3.05) is 43.7 Å². The quantitative estimate of drug-likeness (QED) is 0.525. The second kappa shape index (κ2) is 10.4. The summed E-state index contributed by atoms with van der Waals surface area (Å²) in [6, 6.07) is 14.6. The van der Waals surface area contributed by atoms with E-state index < -0.39 is 10.0 Å². The van der Waals surface area contributed by atoms with Gasteiger partial charge in [-0.3, -0.25) is 14.4 Å². The van der Waals surface area contributed by atoms with Gasteiger partial charge in [0.2, 0.25) is 21.7 Å². The lowest BCUT2D eigenvalue weighted by Crippen LogP contribution is -2.48. The van der Waals surface area contributed by atoms with Gasteiger partial charge in [0.05, 0.1) is 6.26 Å². The molecule has 1 aliphatic heterocycles. The summed E-state index contributed by atoms with van der Waals surface area (Å²) in [5.41, 5.74) is 2.99. The van der Waals surface area contributed by atoms with Crippen LogP contribution in [0.4, 0.5) is 5.69 Å². The zero-order chi connectivity index (χ0) is 24.1. The highest BCUT2D eigenvalue weighted by atomic mass is 32.2. The highest BCUT2D eigenvalue weighted by molar-refractivity contribution is 7.92. The lowest BCUT2D eigenvalue weighted by atomic mass is 10.1. The van der Waals surface area contributed by atoms with Crippen molar-refractivity contribution in [3.63, 3.8) is 0 Å². The fraction of sp³-hybridized carbons (Fsp3) is 0.375. The maximum atomic E-state index is 12.9. The van der Waals surface area contributed by atoms with Crippen LogP contribution < -0.4 is 4.72 Å². The summed E-state index contributed by atoms with van der Waals surface area (Å²) in [4.78, 5) is 21.5. The minimum Gasteiger partial charge on any atom is -0.339 e. The van der Waals surface area contributed by atoms with Gasteiger partial charge in [-0.2, -0.15) is 4.98 Å². The first-order valence-electron chi connectivity index (χ1n) is 11.3. The van der Waals surface area contributed by atoms with E-state index >= 15 is 0 Å². The first kappa shape index (κ1) is 23.9. The van der Waals surface area contributed by atoms with E-state index in [1.54, 1.807) is 24.3 Å². The van der Waals surface area contributed by atoms with Gasteiger partial charge in [-0.05, 0) is 38.1 Å². The first-order valence-corrected chi connectivity index (χ1v) is 13.1. The molecule has 1 amide bonds. The van der Waals surface area contributed by atoms with E-state index in [0.717, 1.165) is 37.9 Å². The highest BCUT2D eigenvalue weighted by Crippen LogP contribution is 2.18. The number of piperazine rings is 1. The number of anilines is 1. The van der Waals surface area contributed by atoms with Gasteiger partial charge in [0, 0.05) is 49.4 Å². The summed E-state index contributed by atoms with van der Waals surface area (Å²) in [7, 11) is -3.39. The van der Waals surface area contributed by atoms with Crippen molar-refractivity contribution in [1.29, 1.82) is 0 Å². The zero-order valence-corrected chi connectivity index (χ0v) is 20.2. The zero-order valence-electron chi connectivity index (χ0n) is 19.4. The average molecular weight is 484 g/mol. The van der Waals surface area contributed by atoms with Gasteiger partial charge >= 0.3 is 0 Å². The fourth-order valence-corrected chi connectivity index (χ4v) is 4.47. The summed E-state index contributed by atoms with van der Waals surface area (Å²) in [5.74, 6) is 1.15. The smallest absolute Gasteiger partial charge is 0.254 e. The minimum atomic E-state index is -3.39. The number of hydrogen-bond donors (Lipinski definition) is 1. The molecule has 1 N–H and O–H groups in total. The molecule has 9 nitrogen and oxygen atoms in total. The Hall–Kier alpha value is -3.24. The van der Waals surface area contributed by atoms with Crippen molar-refractivity contribution in [1.82, 2.24) is 19.9 Å². The third kappa shape index (κ3) is 6.42. The molecule has 0 aliphatic carbocycles. The molecule has 3 aromatic rings. The van der Waals surface area contributed by atoms with E-state index in [9.17, 15) is 13.2 Å². The van der Waals surface area contributed by atoms with Crippen LogP contribution in [0.1, 0.15) is 28.2 Å². The van der Waals surface area contributed by atoms with E-state index in [0.29, 0.717) is 42.5 Å². The molecule has 0 atom stereocenters. The standard InChI is InChI=1S/C24H29N5O4S/c1-18-8-10-19(11-9-18)23-25-22(33-26-23)7-4-12-28-13-15-29(16-14-28)24(30)20-5-3-6-21(17-20)27-34(2,31)32/h3,5-6,8-11,17,27H,4,7,12-16H2,1-2H3. The van der Waals surface area contributed by atoms with Crippen LogP contribution in [0, 0.1) is 6.92 Å². The van der Waals surface area contributed by atoms with Crippen molar-refractivity contribution < 1.29 is 17.7 Å².